The van der Waals surface area contributed by atoms with E-state index in [1.165, 1.54) is 0 Å². The van der Waals surface area contributed by atoms with Crippen LogP contribution in [0.25, 0.3) is 0 Å². The van der Waals surface area contributed by atoms with E-state index < -0.39 is 0 Å². The van der Waals surface area contributed by atoms with Gasteiger partial charge >= 0.3 is 0 Å². The Labute approximate surface area is 96.8 Å². The van der Waals surface area contributed by atoms with E-state index in [9.17, 15) is 0 Å². The van der Waals surface area contributed by atoms with Crippen LogP contribution in [0.4, 0.5) is 0 Å². The zero-order chi connectivity index (χ0) is 11.0. The van der Waals surface area contributed by atoms with Gasteiger partial charge in [-0.25, -0.2) is 0 Å². The van der Waals surface area contributed by atoms with Crippen LogP contribution in [0, 0.1) is 5.41 Å². The average molecular weight is 224 g/mol. The van der Waals surface area contributed by atoms with Gasteiger partial charge < -0.3 is 14.2 Å². The molecule has 3 heterocycles. The molecule has 0 bridgehead atoms. The minimum absolute atomic E-state index is 0.311. The lowest BCUT2D eigenvalue weighted by atomic mass is 9.72. The number of epoxide rings is 3. The van der Waals surface area contributed by atoms with Crippen LogP contribution in [0.2, 0.25) is 0 Å². The summed E-state index contributed by atoms with van der Waals surface area (Å²) in [5, 5.41) is 0. The third kappa shape index (κ3) is 2.84. The molecule has 3 aliphatic rings. The Morgan fingerprint density at radius 3 is 1.56 bits per heavy atom. The summed E-state index contributed by atoms with van der Waals surface area (Å²) in [5.41, 5.74) is 0.311. The first kappa shape index (κ1) is 10.8. The lowest BCUT2D eigenvalue weighted by molar-refractivity contribution is 0.157. The topological polar surface area (TPSA) is 37.6 Å². The summed E-state index contributed by atoms with van der Waals surface area (Å²) in [6.07, 6.45) is 8.02. The first-order valence-electron chi connectivity index (χ1n) is 6.25. The molecule has 0 saturated carbocycles. The molecule has 3 fully saturated rings. The van der Waals surface area contributed by atoms with Gasteiger partial charge in [-0.05, 0) is 31.1 Å². The van der Waals surface area contributed by atoms with E-state index in [1.54, 1.807) is 0 Å². The summed E-state index contributed by atoms with van der Waals surface area (Å²) in [6.45, 7) is 6.73. The molecule has 0 aromatic carbocycles. The van der Waals surface area contributed by atoms with Gasteiger partial charge in [-0.3, -0.25) is 0 Å². The monoisotopic (exact) mass is 224 g/mol. The maximum absolute atomic E-state index is 5.40. The van der Waals surface area contributed by atoms with Crippen molar-refractivity contribution in [3.63, 3.8) is 0 Å². The van der Waals surface area contributed by atoms with Crippen molar-refractivity contribution in [3.8, 4) is 0 Å². The molecule has 0 amide bonds. The molecule has 3 unspecified atom stereocenters. The van der Waals surface area contributed by atoms with Crippen molar-refractivity contribution in [1.82, 2.24) is 0 Å². The second-order valence-corrected chi connectivity index (χ2v) is 5.47. The zero-order valence-corrected chi connectivity index (χ0v) is 9.69. The van der Waals surface area contributed by atoms with E-state index in [4.69, 9.17) is 14.2 Å². The van der Waals surface area contributed by atoms with Crippen molar-refractivity contribution >= 4 is 0 Å². The predicted molar refractivity (Wildman–Crippen MR) is 60.3 cm³/mol. The first-order valence-corrected chi connectivity index (χ1v) is 6.25. The van der Waals surface area contributed by atoms with E-state index in [2.05, 4.69) is 6.58 Å². The number of allylic oxidation sites excluding steroid dienone is 1. The zero-order valence-electron chi connectivity index (χ0n) is 9.69. The molecule has 3 aliphatic heterocycles. The molecule has 0 aromatic rings. The highest BCUT2D eigenvalue weighted by molar-refractivity contribution is 4.97. The molecular formula is C13H20O3. The van der Waals surface area contributed by atoms with Gasteiger partial charge in [0.15, 0.2) is 0 Å². The fourth-order valence-corrected chi connectivity index (χ4v) is 2.81. The minimum atomic E-state index is 0.311. The smallest absolute Gasteiger partial charge is 0.0815 e. The van der Waals surface area contributed by atoms with E-state index in [1.807, 2.05) is 6.08 Å². The van der Waals surface area contributed by atoms with Gasteiger partial charge in [-0.2, -0.15) is 0 Å². The highest BCUT2D eigenvalue weighted by Gasteiger charge is 2.45. The molecule has 0 aliphatic carbocycles. The molecular weight excluding hydrogens is 204 g/mol. The summed E-state index contributed by atoms with van der Waals surface area (Å²) in [7, 11) is 0. The number of hydrogen-bond donors (Lipinski definition) is 0. The lowest BCUT2D eigenvalue weighted by Gasteiger charge is -2.31. The molecule has 3 nitrogen and oxygen atoms in total. The van der Waals surface area contributed by atoms with Crippen LogP contribution >= 0.6 is 0 Å². The van der Waals surface area contributed by atoms with E-state index in [-0.39, 0.29) is 0 Å². The van der Waals surface area contributed by atoms with Gasteiger partial charge in [-0.15, -0.1) is 6.58 Å². The van der Waals surface area contributed by atoms with E-state index >= 15 is 0 Å². The molecule has 0 radical (unpaired) electrons. The van der Waals surface area contributed by atoms with Crippen LogP contribution in [-0.2, 0) is 14.2 Å². The highest BCUT2D eigenvalue weighted by Crippen LogP contribution is 2.46. The van der Waals surface area contributed by atoms with Gasteiger partial charge in [0.1, 0.15) is 0 Å². The average Bonchev–Trinajstić information content (AvgIpc) is 3.07. The number of hydrogen-bond acceptors (Lipinski definition) is 3. The molecule has 0 spiro atoms. The SMILES string of the molecule is C=CCC(CC1CO1)(CC1CO1)CC1CO1. The maximum Gasteiger partial charge on any atom is 0.0815 e. The molecule has 90 valence electrons. The van der Waals surface area contributed by atoms with Crippen molar-refractivity contribution in [3.05, 3.63) is 12.7 Å². The van der Waals surface area contributed by atoms with Gasteiger partial charge in [0.2, 0.25) is 0 Å². The van der Waals surface area contributed by atoms with Gasteiger partial charge in [0, 0.05) is 0 Å². The van der Waals surface area contributed by atoms with Crippen molar-refractivity contribution < 1.29 is 14.2 Å². The molecule has 16 heavy (non-hydrogen) atoms. The Balaban J connectivity index is 1.65. The molecule has 3 saturated heterocycles. The molecule has 3 atom stereocenters. The summed E-state index contributed by atoms with van der Waals surface area (Å²) < 4.78 is 16.2. The number of ether oxygens (including phenoxy) is 3. The number of rotatable bonds is 8. The van der Waals surface area contributed by atoms with Crippen LogP contribution in [0.15, 0.2) is 12.7 Å². The van der Waals surface area contributed by atoms with Crippen LogP contribution in [0.5, 0.6) is 0 Å². The van der Waals surface area contributed by atoms with Gasteiger partial charge in [0.05, 0.1) is 38.1 Å². The van der Waals surface area contributed by atoms with Crippen LogP contribution in [0.1, 0.15) is 25.7 Å². The summed E-state index contributed by atoms with van der Waals surface area (Å²) in [5.74, 6) is 0. The van der Waals surface area contributed by atoms with Crippen LogP contribution < -0.4 is 0 Å². The summed E-state index contributed by atoms with van der Waals surface area (Å²) in [6, 6.07) is 0. The Kier molecular flexibility index (Phi) is 2.78. The summed E-state index contributed by atoms with van der Waals surface area (Å²) in [4.78, 5) is 0. The van der Waals surface area contributed by atoms with Crippen molar-refractivity contribution in [2.24, 2.45) is 5.41 Å². The first-order chi connectivity index (χ1) is 7.80. The molecule has 0 N–H and O–H groups in total. The Morgan fingerprint density at radius 2 is 1.31 bits per heavy atom. The van der Waals surface area contributed by atoms with E-state index in [0.717, 1.165) is 45.5 Å². The Hall–Kier alpha value is -0.380. The standard InChI is InChI=1S/C13H20O3/c1-2-3-13(4-10-7-14-10,5-11-8-15-11)6-12-9-16-12/h2,10-12H,1,3-9H2. The van der Waals surface area contributed by atoms with Crippen LogP contribution in [0.3, 0.4) is 0 Å². The van der Waals surface area contributed by atoms with Gasteiger partial charge in [0.25, 0.3) is 0 Å². The maximum atomic E-state index is 5.40. The largest absolute Gasteiger partial charge is 0.373 e. The molecule has 0 aromatic heterocycles. The fourth-order valence-electron chi connectivity index (χ4n) is 2.81. The Bertz CT molecular complexity index is 228. The lowest BCUT2D eigenvalue weighted by Crippen LogP contribution is -2.27. The van der Waals surface area contributed by atoms with Crippen molar-refractivity contribution in [1.29, 1.82) is 0 Å². The third-order valence-electron chi connectivity index (χ3n) is 3.77. The molecule has 3 rings (SSSR count). The second-order valence-electron chi connectivity index (χ2n) is 5.47. The van der Waals surface area contributed by atoms with Crippen LogP contribution in [-0.4, -0.2) is 38.1 Å². The van der Waals surface area contributed by atoms with E-state index in [0.29, 0.717) is 23.7 Å². The van der Waals surface area contributed by atoms with Crippen molar-refractivity contribution in [2.75, 3.05) is 19.8 Å². The normalized spacial score (nSPS) is 38.9. The van der Waals surface area contributed by atoms with Crippen molar-refractivity contribution in [2.45, 2.75) is 44.0 Å². The minimum Gasteiger partial charge on any atom is -0.373 e. The highest BCUT2D eigenvalue weighted by atomic mass is 16.6. The fraction of sp³-hybridized carbons (Fsp3) is 0.846. The quantitative estimate of drug-likeness (QED) is 0.467. The Morgan fingerprint density at radius 1 is 0.938 bits per heavy atom. The second kappa shape index (κ2) is 4.13. The van der Waals surface area contributed by atoms with Gasteiger partial charge in [-0.1, -0.05) is 6.08 Å². The molecule has 3 heteroatoms. The predicted octanol–water partition coefficient (Wildman–Crippen LogP) is 1.92. The summed E-state index contributed by atoms with van der Waals surface area (Å²) >= 11 is 0. The third-order valence-corrected chi connectivity index (χ3v) is 3.77.